The summed E-state index contributed by atoms with van der Waals surface area (Å²) in [5, 5.41) is 19.1. The van der Waals surface area contributed by atoms with Crippen molar-refractivity contribution in [2.45, 2.75) is 64.3 Å². The van der Waals surface area contributed by atoms with E-state index in [1.807, 2.05) is 18.2 Å². The molecule has 0 bridgehead atoms. The van der Waals surface area contributed by atoms with Crippen LogP contribution in [0.25, 0.3) is 0 Å². The molecule has 0 saturated carbocycles. The lowest BCUT2D eigenvalue weighted by molar-refractivity contribution is -0.0461. The lowest BCUT2D eigenvalue weighted by Crippen LogP contribution is -2.34. The van der Waals surface area contributed by atoms with Crippen LogP contribution in [0.4, 0.5) is 0 Å². The number of hydrogen-bond acceptors (Lipinski definition) is 6. The van der Waals surface area contributed by atoms with Crippen LogP contribution in [-0.4, -0.2) is 38.6 Å². The lowest BCUT2D eigenvalue weighted by atomic mass is 9.84. The molecular weight excluding hydrogens is 376 g/mol. The Hall–Kier alpha value is -2.26. The summed E-state index contributed by atoms with van der Waals surface area (Å²) in [5.74, 6) is 0. The second-order valence-electron chi connectivity index (χ2n) is 8.34. The van der Waals surface area contributed by atoms with Crippen molar-refractivity contribution in [2.75, 3.05) is 6.61 Å². The second-order valence-corrected chi connectivity index (χ2v) is 8.34. The zero-order valence-corrected chi connectivity index (χ0v) is 16.9. The number of aromatic nitrogens is 2. The van der Waals surface area contributed by atoms with Crippen LogP contribution in [0.1, 0.15) is 50.1 Å². The minimum absolute atomic E-state index is 0.0206. The van der Waals surface area contributed by atoms with Crippen molar-refractivity contribution in [3.8, 4) is 0 Å². The molecule has 1 aromatic heterocycles. The number of benzene rings is 1. The van der Waals surface area contributed by atoms with Crippen LogP contribution in [0.2, 0.25) is 0 Å². The average Bonchev–Trinajstić information content (AvgIpc) is 3.03. The summed E-state index contributed by atoms with van der Waals surface area (Å²) >= 11 is 0. The fourth-order valence-electron chi connectivity index (χ4n) is 3.54. The van der Waals surface area contributed by atoms with Gasteiger partial charge in [-0.25, -0.2) is 4.79 Å². The van der Waals surface area contributed by atoms with Gasteiger partial charge in [0.15, 0.2) is 0 Å². The number of H-pyrrole nitrogens is 1. The quantitative estimate of drug-likeness (QED) is 0.667. The third-order valence-corrected chi connectivity index (χ3v) is 5.08. The molecule has 0 spiro atoms. The molecule has 1 fully saturated rings. The van der Waals surface area contributed by atoms with Gasteiger partial charge < -0.3 is 19.7 Å². The van der Waals surface area contributed by atoms with Gasteiger partial charge in [0.1, 0.15) is 12.3 Å². The molecule has 1 aliphatic rings. The van der Waals surface area contributed by atoms with Crippen molar-refractivity contribution in [2.24, 2.45) is 0 Å². The molecular formula is C21H28N2O6. The van der Waals surface area contributed by atoms with Crippen LogP contribution in [0.15, 0.2) is 40.1 Å². The van der Waals surface area contributed by atoms with Crippen molar-refractivity contribution in [3.05, 3.63) is 68.0 Å². The van der Waals surface area contributed by atoms with E-state index in [0.717, 1.165) is 5.56 Å². The van der Waals surface area contributed by atoms with Gasteiger partial charge in [0, 0.05) is 12.6 Å². The molecule has 158 valence electrons. The predicted octanol–water partition coefficient (Wildman–Crippen LogP) is 1.19. The number of aliphatic hydroxyl groups excluding tert-OH is 2. The maximum atomic E-state index is 12.2. The van der Waals surface area contributed by atoms with E-state index in [1.54, 1.807) is 0 Å². The Morgan fingerprint density at radius 3 is 2.55 bits per heavy atom. The standard InChI is InChI=1S/C21H28N2O6/c1-21(2,3)15-7-5-4-6-13(15)11-28-12-14-9-23(20(27)22-19(14)26)18-8-16(25)17(10-24)29-18/h4-7,9,16-18,24-25H,8,10-12H2,1-3H3,(H,22,26,27)/t16?,17-,18-/m0/s1. The number of aromatic amines is 1. The third kappa shape index (κ3) is 4.84. The van der Waals surface area contributed by atoms with Gasteiger partial charge in [0.2, 0.25) is 0 Å². The number of hydrogen-bond donors (Lipinski definition) is 3. The molecule has 1 saturated heterocycles. The SMILES string of the molecule is CC(C)(C)c1ccccc1COCc1cn([C@@H]2CC(O)[C@H](CO)O2)c(=O)[nH]c1=O. The molecule has 29 heavy (non-hydrogen) atoms. The van der Waals surface area contributed by atoms with E-state index < -0.39 is 29.7 Å². The van der Waals surface area contributed by atoms with Gasteiger partial charge in [-0.1, -0.05) is 45.0 Å². The molecule has 1 unspecified atom stereocenters. The smallest absolute Gasteiger partial charge is 0.330 e. The van der Waals surface area contributed by atoms with Gasteiger partial charge in [-0.05, 0) is 16.5 Å². The van der Waals surface area contributed by atoms with E-state index in [9.17, 15) is 19.8 Å². The Morgan fingerprint density at radius 2 is 1.90 bits per heavy atom. The van der Waals surface area contributed by atoms with Crippen LogP contribution in [-0.2, 0) is 28.1 Å². The molecule has 0 radical (unpaired) electrons. The molecule has 8 heteroatoms. The van der Waals surface area contributed by atoms with Crippen molar-refractivity contribution in [1.29, 1.82) is 0 Å². The number of nitrogens with one attached hydrogen (secondary N) is 1. The van der Waals surface area contributed by atoms with Crippen molar-refractivity contribution >= 4 is 0 Å². The van der Waals surface area contributed by atoms with Crippen LogP contribution in [0.3, 0.4) is 0 Å². The molecule has 0 aliphatic carbocycles. The largest absolute Gasteiger partial charge is 0.394 e. The average molecular weight is 404 g/mol. The topological polar surface area (TPSA) is 114 Å². The van der Waals surface area contributed by atoms with Gasteiger partial charge in [0.25, 0.3) is 5.56 Å². The first-order chi connectivity index (χ1) is 13.7. The van der Waals surface area contributed by atoms with Crippen molar-refractivity contribution in [1.82, 2.24) is 9.55 Å². The Morgan fingerprint density at radius 1 is 1.21 bits per heavy atom. The van der Waals surface area contributed by atoms with E-state index in [1.165, 1.54) is 16.3 Å². The molecule has 1 aromatic carbocycles. The van der Waals surface area contributed by atoms with Crippen LogP contribution in [0, 0.1) is 0 Å². The highest BCUT2D eigenvalue weighted by atomic mass is 16.5. The monoisotopic (exact) mass is 404 g/mol. The first-order valence-corrected chi connectivity index (χ1v) is 9.65. The maximum absolute atomic E-state index is 12.2. The van der Waals surface area contributed by atoms with Crippen LogP contribution in [0.5, 0.6) is 0 Å². The Kier molecular flexibility index (Phi) is 6.38. The number of rotatable bonds is 6. The van der Waals surface area contributed by atoms with E-state index >= 15 is 0 Å². The zero-order chi connectivity index (χ0) is 21.2. The van der Waals surface area contributed by atoms with Crippen LogP contribution < -0.4 is 11.2 Å². The van der Waals surface area contributed by atoms with Gasteiger partial charge in [-0.3, -0.25) is 14.3 Å². The third-order valence-electron chi connectivity index (χ3n) is 5.08. The van der Waals surface area contributed by atoms with Crippen LogP contribution >= 0.6 is 0 Å². The highest BCUT2D eigenvalue weighted by molar-refractivity contribution is 5.32. The maximum Gasteiger partial charge on any atom is 0.330 e. The Labute approximate surface area is 168 Å². The minimum atomic E-state index is -0.877. The highest BCUT2D eigenvalue weighted by Gasteiger charge is 2.35. The van der Waals surface area contributed by atoms with E-state index in [-0.39, 0.29) is 30.6 Å². The molecule has 2 heterocycles. The summed E-state index contributed by atoms with van der Waals surface area (Å²) < 4.78 is 12.5. The normalized spacial score (nSPS) is 22.2. The molecule has 3 N–H and O–H groups in total. The van der Waals surface area contributed by atoms with E-state index in [2.05, 4.69) is 31.8 Å². The first-order valence-electron chi connectivity index (χ1n) is 9.65. The fourth-order valence-corrected chi connectivity index (χ4v) is 3.54. The Balaban J connectivity index is 1.74. The number of ether oxygens (including phenoxy) is 2. The van der Waals surface area contributed by atoms with E-state index in [0.29, 0.717) is 6.61 Å². The van der Waals surface area contributed by atoms with Crippen molar-refractivity contribution < 1.29 is 19.7 Å². The van der Waals surface area contributed by atoms with Gasteiger partial charge in [-0.15, -0.1) is 0 Å². The molecule has 8 nitrogen and oxygen atoms in total. The summed E-state index contributed by atoms with van der Waals surface area (Å²) in [6, 6.07) is 7.99. The summed E-state index contributed by atoms with van der Waals surface area (Å²) in [4.78, 5) is 26.6. The van der Waals surface area contributed by atoms with Gasteiger partial charge in [-0.2, -0.15) is 0 Å². The van der Waals surface area contributed by atoms with Gasteiger partial charge >= 0.3 is 5.69 Å². The highest BCUT2D eigenvalue weighted by Crippen LogP contribution is 2.28. The predicted molar refractivity (Wildman–Crippen MR) is 107 cm³/mol. The summed E-state index contributed by atoms with van der Waals surface area (Å²) in [6.07, 6.45) is -0.846. The van der Waals surface area contributed by atoms with Gasteiger partial charge in [0.05, 0.1) is 31.5 Å². The summed E-state index contributed by atoms with van der Waals surface area (Å²) in [6.45, 7) is 6.38. The fraction of sp³-hybridized carbons (Fsp3) is 0.524. The molecule has 3 rings (SSSR count). The zero-order valence-electron chi connectivity index (χ0n) is 16.9. The van der Waals surface area contributed by atoms with Crippen molar-refractivity contribution in [3.63, 3.8) is 0 Å². The number of aliphatic hydroxyl groups is 2. The first kappa shape index (κ1) is 21.4. The molecule has 0 amide bonds. The summed E-state index contributed by atoms with van der Waals surface area (Å²) in [5.41, 5.74) is 1.30. The lowest BCUT2D eigenvalue weighted by Gasteiger charge is -2.22. The molecule has 3 atom stereocenters. The summed E-state index contributed by atoms with van der Waals surface area (Å²) in [7, 11) is 0. The Bertz CT molecular complexity index is 959. The minimum Gasteiger partial charge on any atom is -0.394 e. The molecule has 2 aromatic rings. The number of nitrogens with zero attached hydrogens (tertiary/aromatic N) is 1. The van der Waals surface area contributed by atoms with E-state index in [4.69, 9.17) is 9.47 Å². The molecule has 1 aliphatic heterocycles. The second kappa shape index (κ2) is 8.62.